The second-order valence-corrected chi connectivity index (χ2v) is 9.72. The maximum Gasteiger partial charge on any atom is 0.354 e. The molecule has 0 saturated carbocycles. The zero-order valence-corrected chi connectivity index (χ0v) is 20.8. The van der Waals surface area contributed by atoms with Gasteiger partial charge in [-0.1, -0.05) is 39.8 Å². The summed E-state index contributed by atoms with van der Waals surface area (Å²) in [7, 11) is 1.23. The van der Waals surface area contributed by atoms with Gasteiger partial charge in [-0.3, -0.25) is 19.3 Å². The fraction of sp³-hybridized carbons (Fsp3) is 0.560. The van der Waals surface area contributed by atoms with Crippen LogP contribution in [-0.2, 0) is 28.7 Å². The molecule has 1 saturated heterocycles. The van der Waals surface area contributed by atoms with Crippen LogP contribution >= 0.6 is 0 Å². The topological polar surface area (TPSA) is 122 Å². The molecule has 10 heteroatoms. The normalized spacial score (nSPS) is 20.0. The van der Waals surface area contributed by atoms with E-state index in [1.807, 2.05) is 27.7 Å². The first kappa shape index (κ1) is 26.2. The molecule has 35 heavy (non-hydrogen) atoms. The van der Waals surface area contributed by atoms with Crippen molar-refractivity contribution in [3.63, 3.8) is 0 Å². The largest absolute Gasteiger partial charge is 0.467 e. The predicted octanol–water partition coefficient (Wildman–Crippen LogP) is 1.87. The van der Waals surface area contributed by atoms with Gasteiger partial charge in [0.25, 0.3) is 11.8 Å². The highest BCUT2D eigenvalue weighted by Gasteiger charge is 2.62. The summed E-state index contributed by atoms with van der Waals surface area (Å²) in [5.41, 5.74) is -0.990. The maximum atomic E-state index is 13.6. The predicted molar refractivity (Wildman–Crippen MR) is 126 cm³/mol. The summed E-state index contributed by atoms with van der Waals surface area (Å²) in [4.78, 5) is 67.3. The molecule has 3 rings (SSSR count). The van der Waals surface area contributed by atoms with Crippen LogP contribution in [0, 0.1) is 11.8 Å². The first-order valence-corrected chi connectivity index (χ1v) is 11.8. The third-order valence-electron chi connectivity index (χ3n) is 6.11. The second kappa shape index (κ2) is 10.5. The number of methoxy groups -OCH3 is 1. The molecule has 190 valence electrons. The van der Waals surface area contributed by atoms with E-state index >= 15 is 0 Å². The molecule has 0 bridgehead atoms. The van der Waals surface area contributed by atoms with Crippen molar-refractivity contribution < 1.29 is 33.4 Å². The van der Waals surface area contributed by atoms with E-state index in [0.717, 1.165) is 0 Å². The first-order valence-electron chi connectivity index (χ1n) is 11.8. The molecule has 3 amide bonds. The molecular weight excluding hydrogens is 454 g/mol. The van der Waals surface area contributed by atoms with Crippen LogP contribution in [0.4, 0.5) is 5.69 Å². The summed E-state index contributed by atoms with van der Waals surface area (Å²) in [6.07, 6.45) is 0.458. The Balaban J connectivity index is 1.87. The molecule has 0 aliphatic carbocycles. The number of esters is 2. The zero-order valence-electron chi connectivity index (χ0n) is 20.8. The number of carbonyl (C=O) groups is 5. The van der Waals surface area contributed by atoms with Crippen molar-refractivity contribution in [1.29, 1.82) is 0 Å². The van der Waals surface area contributed by atoms with E-state index in [1.54, 1.807) is 24.3 Å². The summed E-state index contributed by atoms with van der Waals surface area (Å²) < 4.78 is 10.1. The lowest BCUT2D eigenvalue weighted by atomic mass is 9.95. The van der Waals surface area contributed by atoms with Crippen LogP contribution in [0.15, 0.2) is 24.3 Å². The Hall–Kier alpha value is -3.43. The Kier molecular flexibility index (Phi) is 7.82. The molecular formula is C25H33N3O7. The average molecular weight is 488 g/mol. The van der Waals surface area contributed by atoms with Crippen LogP contribution in [0.3, 0.4) is 0 Å². The van der Waals surface area contributed by atoms with Crippen molar-refractivity contribution in [2.24, 2.45) is 11.8 Å². The van der Waals surface area contributed by atoms with Crippen molar-refractivity contribution in [3.05, 3.63) is 29.8 Å². The van der Waals surface area contributed by atoms with Gasteiger partial charge in [-0.15, -0.1) is 0 Å². The van der Waals surface area contributed by atoms with E-state index < -0.39 is 36.2 Å². The van der Waals surface area contributed by atoms with Gasteiger partial charge in [0.2, 0.25) is 11.6 Å². The smallest absolute Gasteiger partial charge is 0.354 e. The van der Waals surface area contributed by atoms with Crippen LogP contribution in [-0.4, -0.2) is 66.5 Å². The van der Waals surface area contributed by atoms with Crippen LogP contribution in [0.5, 0.6) is 0 Å². The summed E-state index contributed by atoms with van der Waals surface area (Å²) in [5, 5.41) is 2.54. The molecule has 1 aromatic rings. The number of benzene rings is 1. The molecule has 2 aliphatic rings. The molecule has 1 fully saturated rings. The van der Waals surface area contributed by atoms with E-state index in [0.29, 0.717) is 17.7 Å². The summed E-state index contributed by atoms with van der Waals surface area (Å²) in [5.74, 6) is -2.70. The van der Waals surface area contributed by atoms with Gasteiger partial charge in [0, 0.05) is 19.4 Å². The molecule has 2 unspecified atom stereocenters. The standard InChI is InChI=1S/C25H33N3O7/c1-15(2)12-18(23(32)34-5)26-20(29)14-35-24(33)25-11-10-21(30)28(25)19-9-7-6-8-17(19)22(31)27(25)13-16(3)4/h6-9,15-16,18H,10-14H2,1-5H3,(H,26,29). The fourth-order valence-electron chi connectivity index (χ4n) is 4.68. The molecule has 0 spiro atoms. The molecule has 2 aliphatic heterocycles. The lowest BCUT2D eigenvalue weighted by Crippen LogP contribution is -2.69. The minimum atomic E-state index is -1.67. The SMILES string of the molecule is COC(=O)C(CC(C)C)NC(=O)COC(=O)C12CCC(=O)N1c1ccccc1C(=O)N2CC(C)C. The highest BCUT2D eigenvalue weighted by molar-refractivity contribution is 6.15. The van der Waals surface area contributed by atoms with Crippen molar-refractivity contribution in [2.75, 3.05) is 25.2 Å². The number of hydrogen-bond donors (Lipinski definition) is 1. The van der Waals surface area contributed by atoms with Gasteiger partial charge < -0.3 is 19.7 Å². The van der Waals surface area contributed by atoms with Crippen LogP contribution in [0.25, 0.3) is 0 Å². The number of carbonyl (C=O) groups excluding carboxylic acids is 5. The number of para-hydroxylation sites is 1. The molecule has 0 radical (unpaired) electrons. The van der Waals surface area contributed by atoms with Gasteiger partial charge in [0.15, 0.2) is 6.61 Å². The lowest BCUT2D eigenvalue weighted by molar-refractivity contribution is -0.160. The number of ether oxygens (including phenoxy) is 2. The van der Waals surface area contributed by atoms with Gasteiger partial charge in [0.1, 0.15) is 6.04 Å². The highest BCUT2D eigenvalue weighted by Crippen LogP contribution is 2.45. The van der Waals surface area contributed by atoms with Crippen LogP contribution < -0.4 is 10.2 Å². The summed E-state index contributed by atoms with van der Waals surface area (Å²) >= 11 is 0. The third-order valence-corrected chi connectivity index (χ3v) is 6.11. The van der Waals surface area contributed by atoms with Crippen LogP contribution in [0.2, 0.25) is 0 Å². The Morgan fingerprint density at radius 1 is 1.09 bits per heavy atom. The fourth-order valence-corrected chi connectivity index (χ4v) is 4.68. The first-order chi connectivity index (χ1) is 16.5. The van der Waals surface area contributed by atoms with Gasteiger partial charge in [0.05, 0.1) is 18.4 Å². The lowest BCUT2D eigenvalue weighted by Gasteiger charge is -2.48. The maximum absolute atomic E-state index is 13.6. The van der Waals surface area contributed by atoms with E-state index in [1.165, 1.54) is 16.9 Å². The van der Waals surface area contributed by atoms with E-state index in [-0.39, 0.29) is 43.0 Å². The van der Waals surface area contributed by atoms with Crippen molar-refractivity contribution >= 4 is 35.3 Å². The monoisotopic (exact) mass is 487 g/mol. The van der Waals surface area contributed by atoms with Crippen LogP contribution in [0.1, 0.15) is 57.3 Å². The van der Waals surface area contributed by atoms with Crippen molar-refractivity contribution in [3.8, 4) is 0 Å². The summed E-state index contributed by atoms with van der Waals surface area (Å²) in [6, 6.07) is 5.77. The minimum Gasteiger partial charge on any atom is -0.467 e. The zero-order chi connectivity index (χ0) is 25.9. The van der Waals surface area contributed by atoms with E-state index in [4.69, 9.17) is 9.47 Å². The van der Waals surface area contributed by atoms with Crippen molar-refractivity contribution in [2.45, 2.75) is 58.7 Å². The quantitative estimate of drug-likeness (QED) is 0.528. The van der Waals surface area contributed by atoms with Crippen molar-refractivity contribution in [1.82, 2.24) is 10.2 Å². The number of fused-ring (bicyclic) bond motifs is 3. The highest BCUT2D eigenvalue weighted by atomic mass is 16.5. The Morgan fingerprint density at radius 3 is 2.40 bits per heavy atom. The number of nitrogens with one attached hydrogen (secondary N) is 1. The van der Waals surface area contributed by atoms with Gasteiger partial charge >= 0.3 is 11.9 Å². The molecule has 10 nitrogen and oxygen atoms in total. The van der Waals surface area contributed by atoms with E-state index in [9.17, 15) is 24.0 Å². The van der Waals surface area contributed by atoms with Gasteiger partial charge in [-0.25, -0.2) is 9.59 Å². The molecule has 0 aromatic heterocycles. The Bertz CT molecular complexity index is 1020. The second-order valence-electron chi connectivity index (χ2n) is 9.72. The molecule has 2 atom stereocenters. The van der Waals surface area contributed by atoms with Gasteiger partial charge in [-0.05, 0) is 30.4 Å². The number of nitrogens with zero attached hydrogens (tertiary/aromatic N) is 2. The molecule has 1 N–H and O–H groups in total. The van der Waals surface area contributed by atoms with E-state index in [2.05, 4.69) is 5.32 Å². The molecule has 2 heterocycles. The molecule has 1 aromatic carbocycles. The van der Waals surface area contributed by atoms with Gasteiger partial charge in [-0.2, -0.15) is 0 Å². The number of hydrogen-bond acceptors (Lipinski definition) is 7. The number of anilines is 1. The Morgan fingerprint density at radius 2 is 1.77 bits per heavy atom. The third kappa shape index (κ3) is 5.01. The number of amides is 3. The summed E-state index contributed by atoms with van der Waals surface area (Å²) in [6.45, 7) is 7.16. The number of rotatable bonds is 9. The Labute approximate surface area is 204 Å². The average Bonchev–Trinajstić information content (AvgIpc) is 3.17. The minimum absolute atomic E-state index is 0.00610.